The third-order valence-corrected chi connectivity index (χ3v) is 7.07. The average Bonchev–Trinajstić information content (AvgIpc) is 3.25. The van der Waals surface area contributed by atoms with Gasteiger partial charge in [-0.2, -0.15) is 22.0 Å². The maximum absolute atomic E-state index is 12.9. The first-order valence-electron chi connectivity index (χ1n) is 9.43. The Morgan fingerprint density at radius 1 is 1.07 bits per heavy atom. The van der Waals surface area contributed by atoms with E-state index in [0.717, 1.165) is 30.6 Å². The molecule has 2 saturated heterocycles. The van der Waals surface area contributed by atoms with E-state index in [4.69, 9.17) is 14.0 Å². The summed E-state index contributed by atoms with van der Waals surface area (Å²) in [6, 6.07) is 7.27. The van der Waals surface area contributed by atoms with Gasteiger partial charge in [-0.15, -0.1) is 0 Å². The van der Waals surface area contributed by atoms with Gasteiger partial charge in [0.05, 0.1) is 13.7 Å². The average molecular weight is 408 g/mol. The summed E-state index contributed by atoms with van der Waals surface area (Å²) in [5, 5.41) is 4.01. The Bertz CT molecular complexity index is 893. The number of nitrogens with zero attached hydrogens (tertiary/aromatic N) is 4. The first kappa shape index (κ1) is 19.3. The van der Waals surface area contributed by atoms with Crippen molar-refractivity contribution in [2.45, 2.75) is 25.4 Å². The molecule has 0 N–H and O–H groups in total. The molecule has 9 nitrogen and oxygen atoms in total. The van der Waals surface area contributed by atoms with Crippen LogP contribution < -0.4 is 4.74 Å². The number of hydrogen-bond acceptors (Lipinski definition) is 7. The van der Waals surface area contributed by atoms with Crippen molar-refractivity contribution in [2.75, 3.05) is 39.9 Å². The summed E-state index contributed by atoms with van der Waals surface area (Å²) >= 11 is 0. The first-order chi connectivity index (χ1) is 13.6. The van der Waals surface area contributed by atoms with Crippen molar-refractivity contribution < 1.29 is 22.4 Å². The first-order valence-corrected chi connectivity index (χ1v) is 10.8. The molecule has 10 heteroatoms. The van der Waals surface area contributed by atoms with Crippen molar-refractivity contribution in [3.63, 3.8) is 0 Å². The molecule has 2 fully saturated rings. The molecule has 4 rings (SSSR count). The third-order valence-electron chi connectivity index (χ3n) is 5.06. The Morgan fingerprint density at radius 2 is 1.82 bits per heavy atom. The minimum absolute atomic E-state index is 0.181. The Morgan fingerprint density at radius 3 is 2.54 bits per heavy atom. The minimum Gasteiger partial charge on any atom is -0.497 e. The summed E-state index contributed by atoms with van der Waals surface area (Å²) in [7, 11) is -1.89. The highest BCUT2D eigenvalue weighted by atomic mass is 32.2. The molecule has 0 bridgehead atoms. The molecule has 0 amide bonds. The van der Waals surface area contributed by atoms with Crippen LogP contribution in [0.3, 0.4) is 0 Å². The molecule has 1 atom stereocenters. The molecule has 152 valence electrons. The number of aromatic nitrogens is 2. The largest absolute Gasteiger partial charge is 0.497 e. The van der Waals surface area contributed by atoms with Crippen LogP contribution in [0.25, 0.3) is 11.5 Å². The fourth-order valence-electron chi connectivity index (χ4n) is 3.47. The summed E-state index contributed by atoms with van der Waals surface area (Å²) in [5.74, 6) is 1.44. The van der Waals surface area contributed by atoms with Gasteiger partial charge >= 0.3 is 0 Å². The molecule has 28 heavy (non-hydrogen) atoms. The lowest BCUT2D eigenvalue weighted by Crippen LogP contribution is -2.50. The fourth-order valence-corrected chi connectivity index (χ4v) is 5.14. The van der Waals surface area contributed by atoms with E-state index >= 15 is 0 Å². The van der Waals surface area contributed by atoms with Gasteiger partial charge in [-0.25, -0.2) is 0 Å². The SMILES string of the molecule is COc1ccc(-c2nc([C@@H]3CN(S(=O)(=O)N4CCCCC4)CCO3)no2)cc1. The van der Waals surface area contributed by atoms with Gasteiger partial charge in [-0.1, -0.05) is 11.6 Å². The van der Waals surface area contributed by atoms with Crippen molar-refractivity contribution in [1.82, 2.24) is 18.8 Å². The topological polar surface area (TPSA) is 98.0 Å². The standard InChI is InChI=1S/C18H24N4O5S/c1-25-15-7-5-14(6-8-15)18-19-17(20-27-18)16-13-22(11-12-26-16)28(23,24)21-9-3-2-4-10-21/h5-8,16H,2-4,9-13H2,1H3/t16-/m0/s1. The zero-order valence-electron chi connectivity index (χ0n) is 15.8. The molecule has 2 aromatic rings. The lowest BCUT2D eigenvalue weighted by atomic mass is 10.2. The number of rotatable bonds is 5. The number of methoxy groups -OCH3 is 1. The number of morpholine rings is 1. The fraction of sp³-hybridized carbons (Fsp3) is 0.556. The van der Waals surface area contributed by atoms with E-state index in [1.165, 1.54) is 4.31 Å². The summed E-state index contributed by atoms with van der Waals surface area (Å²) < 4.78 is 45.1. The van der Waals surface area contributed by atoms with Crippen molar-refractivity contribution in [1.29, 1.82) is 0 Å². The van der Waals surface area contributed by atoms with Crippen LogP contribution in [0.4, 0.5) is 0 Å². The van der Waals surface area contributed by atoms with E-state index in [1.54, 1.807) is 11.4 Å². The van der Waals surface area contributed by atoms with E-state index in [1.807, 2.05) is 24.3 Å². The zero-order valence-corrected chi connectivity index (χ0v) is 16.6. The van der Waals surface area contributed by atoms with E-state index in [0.29, 0.717) is 38.0 Å². The van der Waals surface area contributed by atoms with Crippen LogP contribution >= 0.6 is 0 Å². The lowest BCUT2D eigenvalue weighted by Gasteiger charge is -2.35. The molecule has 0 aliphatic carbocycles. The second-order valence-corrected chi connectivity index (χ2v) is 8.80. The number of piperidine rings is 1. The minimum atomic E-state index is -3.49. The molecular formula is C18H24N4O5S. The van der Waals surface area contributed by atoms with E-state index in [2.05, 4.69) is 10.1 Å². The van der Waals surface area contributed by atoms with Gasteiger partial charge in [0.2, 0.25) is 5.82 Å². The van der Waals surface area contributed by atoms with Crippen molar-refractivity contribution in [3.05, 3.63) is 30.1 Å². The van der Waals surface area contributed by atoms with Crippen LogP contribution in [-0.2, 0) is 14.9 Å². The molecule has 2 aliphatic heterocycles. The number of benzene rings is 1. The quantitative estimate of drug-likeness (QED) is 0.745. The molecule has 1 aromatic carbocycles. The Hall–Kier alpha value is -2.01. The van der Waals surface area contributed by atoms with Crippen molar-refractivity contribution >= 4 is 10.2 Å². The van der Waals surface area contributed by atoms with Crippen LogP contribution in [0.5, 0.6) is 5.75 Å². The van der Waals surface area contributed by atoms with Crippen LogP contribution in [0.2, 0.25) is 0 Å². The highest BCUT2D eigenvalue weighted by molar-refractivity contribution is 7.86. The van der Waals surface area contributed by atoms with Gasteiger partial charge in [0.25, 0.3) is 16.1 Å². The second kappa shape index (κ2) is 8.16. The van der Waals surface area contributed by atoms with Gasteiger partial charge < -0.3 is 14.0 Å². The maximum Gasteiger partial charge on any atom is 0.282 e. The van der Waals surface area contributed by atoms with Crippen molar-refractivity contribution in [2.24, 2.45) is 0 Å². The summed E-state index contributed by atoms with van der Waals surface area (Å²) in [4.78, 5) is 4.41. The molecule has 0 spiro atoms. The predicted octanol–water partition coefficient (Wildman–Crippen LogP) is 1.85. The molecule has 2 aliphatic rings. The van der Waals surface area contributed by atoms with Crippen LogP contribution in [0.15, 0.2) is 28.8 Å². The van der Waals surface area contributed by atoms with Crippen LogP contribution in [-0.4, -0.2) is 67.1 Å². The van der Waals surface area contributed by atoms with Gasteiger partial charge in [0.15, 0.2) is 0 Å². The predicted molar refractivity (Wildman–Crippen MR) is 101 cm³/mol. The van der Waals surface area contributed by atoms with E-state index in [-0.39, 0.29) is 6.54 Å². The molecule has 0 radical (unpaired) electrons. The monoisotopic (exact) mass is 408 g/mol. The normalized spacial score (nSPS) is 22.2. The molecular weight excluding hydrogens is 384 g/mol. The molecule has 1 aromatic heterocycles. The molecule has 3 heterocycles. The highest BCUT2D eigenvalue weighted by Crippen LogP contribution is 2.27. The van der Waals surface area contributed by atoms with E-state index < -0.39 is 16.3 Å². The molecule has 0 saturated carbocycles. The van der Waals surface area contributed by atoms with Gasteiger partial charge in [0, 0.05) is 31.7 Å². The van der Waals surface area contributed by atoms with Gasteiger partial charge in [0.1, 0.15) is 11.9 Å². The molecule has 0 unspecified atom stereocenters. The highest BCUT2D eigenvalue weighted by Gasteiger charge is 2.36. The second-order valence-electron chi connectivity index (χ2n) is 6.87. The lowest BCUT2D eigenvalue weighted by molar-refractivity contribution is -0.0104. The number of hydrogen-bond donors (Lipinski definition) is 0. The van der Waals surface area contributed by atoms with Crippen LogP contribution in [0.1, 0.15) is 31.2 Å². The summed E-state index contributed by atoms with van der Waals surface area (Å²) in [5.41, 5.74) is 0.758. The maximum atomic E-state index is 12.9. The Kier molecular flexibility index (Phi) is 5.63. The third kappa shape index (κ3) is 3.90. The Balaban J connectivity index is 1.48. The van der Waals surface area contributed by atoms with Crippen molar-refractivity contribution in [3.8, 4) is 17.2 Å². The summed E-state index contributed by atoms with van der Waals surface area (Å²) in [6.45, 7) is 1.96. The summed E-state index contributed by atoms with van der Waals surface area (Å²) in [6.07, 6.45) is 2.34. The smallest absolute Gasteiger partial charge is 0.282 e. The van der Waals surface area contributed by atoms with Crippen LogP contribution in [0, 0.1) is 0 Å². The van der Waals surface area contributed by atoms with Gasteiger partial charge in [-0.05, 0) is 37.1 Å². The number of ether oxygens (including phenoxy) is 2. The van der Waals surface area contributed by atoms with E-state index in [9.17, 15) is 8.42 Å². The zero-order chi connectivity index (χ0) is 19.6. The Labute approximate surface area is 164 Å². The van der Waals surface area contributed by atoms with Gasteiger partial charge in [-0.3, -0.25) is 0 Å².